The Hall–Kier alpha value is -1.12. The van der Waals surface area contributed by atoms with E-state index in [1.54, 1.807) is 13.2 Å². The molecule has 0 bridgehead atoms. The van der Waals surface area contributed by atoms with Crippen molar-refractivity contribution in [2.75, 3.05) is 7.11 Å². The molecule has 2 aromatic rings. The molecule has 2 nitrogen and oxygen atoms in total. The van der Waals surface area contributed by atoms with Crippen molar-refractivity contribution in [1.29, 1.82) is 0 Å². The van der Waals surface area contributed by atoms with Gasteiger partial charge in [0.25, 0.3) is 0 Å². The predicted octanol–water partition coefficient (Wildman–Crippen LogP) is 4.17. The van der Waals surface area contributed by atoms with Gasteiger partial charge in [0.15, 0.2) is 0 Å². The maximum atomic E-state index is 10.0. The summed E-state index contributed by atoms with van der Waals surface area (Å²) in [4.78, 5) is 1.76. The van der Waals surface area contributed by atoms with Crippen LogP contribution in [0.3, 0.4) is 0 Å². The minimum atomic E-state index is -0.590. The summed E-state index contributed by atoms with van der Waals surface area (Å²) in [7, 11) is 1.05. The van der Waals surface area contributed by atoms with Gasteiger partial charge in [-0.25, -0.2) is 0 Å². The molecule has 0 aliphatic heterocycles. The molecule has 0 aliphatic carbocycles. The summed E-state index contributed by atoms with van der Waals surface area (Å²) in [6.45, 7) is 4.02. The second kappa shape index (κ2) is 5.89. The number of phenols is 1. The molecule has 0 aromatic heterocycles. The predicted molar refractivity (Wildman–Crippen MR) is 74.7 cm³/mol. The van der Waals surface area contributed by atoms with Gasteiger partial charge in [0.2, 0.25) is 0 Å². The van der Waals surface area contributed by atoms with Gasteiger partial charge in [-0.3, -0.25) is 0 Å². The van der Waals surface area contributed by atoms with Gasteiger partial charge in [-0.1, -0.05) is 0 Å². The zero-order valence-electron chi connectivity index (χ0n) is 11.0. The first kappa shape index (κ1) is 14.3. The monoisotopic (exact) mass is 318 g/mol. The molecule has 1 N–H and O–H groups in total. The summed E-state index contributed by atoms with van der Waals surface area (Å²) in [5.74, 6) is 1.03. The van der Waals surface area contributed by atoms with Crippen LogP contribution in [0.25, 0.3) is 0 Å². The fourth-order valence-corrected chi connectivity index (χ4v) is 4.10. The van der Waals surface area contributed by atoms with Gasteiger partial charge in [-0.2, -0.15) is 0 Å². The summed E-state index contributed by atoms with van der Waals surface area (Å²) in [5.41, 5.74) is 2.23. The first-order chi connectivity index (χ1) is 9.02. The SMILES string of the molecule is COc1ccc(C)cc1[S](=[Ni])c1cc(C)ccc1O. The average Bonchev–Trinajstić information content (AvgIpc) is 2.40. The summed E-state index contributed by atoms with van der Waals surface area (Å²) in [5, 5.41) is 10.0. The second-order valence-electron chi connectivity index (χ2n) is 4.36. The Morgan fingerprint density at radius 1 is 1.00 bits per heavy atom. The quantitative estimate of drug-likeness (QED) is 0.861. The number of hydrogen-bond acceptors (Lipinski definition) is 2. The molecule has 104 valence electrons. The Morgan fingerprint density at radius 2 is 1.58 bits per heavy atom. The first-order valence-electron chi connectivity index (χ1n) is 5.85. The third kappa shape index (κ3) is 3.07. The van der Waals surface area contributed by atoms with Gasteiger partial charge in [0.1, 0.15) is 0 Å². The van der Waals surface area contributed by atoms with Gasteiger partial charge >= 0.3 is 122 Å². The topological polar surface area (TPSA) is 29.5 Å². The maximum absolute atomic E-state index is 10.0. The van der Waals surface area contributed by atoms with Crippen LogP contribution in [-0.4, -0.2) is 12.2 Å². The number of ether oxygens (including phenoxy) is 1. The van der Waals surface area contributed by atoms with Crippen molar-refractivity contribution < 1.29 is 23.7 Å². The third-order valence-corrected chi connectivity index (χ3v) is 5.46. The van der Waals surface area contributed by atoms with Crippen molar-refractivity contribution in [2.45, 2.75) is 23.6 Å². The van der Waals surface area contributed by atoms with E-state index < -0.39 is 8.92 Å². The summed E-state index contributed by atoms with van der Waals surface area (Å²) in [6, 6.07) is 11.5. The molecule has 1 atom stereocenters. The van der Waals surface area contributed by atoms with Crippen LogP contribution in [0.5, 0.6) is 11.5 Å². The van der Waals surface area contributed by atoms with Crippen molar-refractivity contribution in [2.24, 2.45) is 0 Å². The van der Waals surface area contributed by atoms with E-state index in [0.29, 0.717) is 0 Å². The Balaban J connectivity index is 2.55. The zero-order chi connectivity index (χ0) is 14.0. The van der Waals surface area contributed by atoms with Gasteiger partial charge in [-0.15, -0.1) is 0 Å². The van der Waals surface area contributed by atoms with Crippen LogP contribution in [0.1, 0.15) is 11.1 Å². The number of rotatable bonds is 3. The van der Waals surface area contributed by atoms with E-state index in [1.807, 2.05) is 44.2 Å². The zero-order valence-corrected chi connectivity index (χ0v) is 12.8. The fourth-order valence-electron chi connectivity index (χ4n) is 1.79. The average molecular weight is 319 g/mol. The molecule has 0 aliphatic rings. The number of phenolic OH excluding ortho intramolecular Hbond substituents is 1. The summed E-state index contributed by atoms with van der Waals surface area (Å²) < 4.78 is 5.38. The van der Waals surface area contributed by atoms with Crippen molar-refractivity contribution in [1.82, 2.24) is 0 Å². The molecule has 0 heterocycles. The first-order valence-corrected chi connectivity index (χ1v) is 8.13. The van der Waals surface area contributed by atoms with E-state index in [9.17, 15) is 5.11 Å². The molecule has 0 radical (unpaired) electrons. The van der Waals surface area contributed by atoms with E-state index in [-0.39, 0.29) is 5.75 Å². The van der Waals surface area contributed by atoms with Gasteiger partial charge in [0.05, 0.1) is 0 Å². The van der Waals surface area contributed by atoms with E-state index >= 15 is 0 Å². The van der Waals surface area contributed by atoms with Crippen LogP contribution in [-0.2, 0) is 13.9 Å². The third-order valence-electron chi connectivity index (χ3n) is 2.79. The molecule has 0 amide bonds. The van der Waals surface area contributed by atoms with Gasteiger partial charge < -0.3 is 0 Å². The molecule has 1 unspecified atom stereocenters. The number of aryl methyl sites for hydroxylation is 2. The van der Waals surface area contributed by atoms with Gasteiger partial charge in [-0.05, 0) is 0 Å². The molecule has 0 saturated heterocycles. The second-order valence-corrected chi connectivity index (χ2v) is 6.91. The Kier molecular flexibility index (Phi) is 4.43. The van der Waals surface area contributed by atoms with Crippen molar-refractivity contribution in [3.05, 3.63) is 47.5 Å². The Morgan fingerprint density at radius 3 is 2.21 bits per heavy atom. The van der Waals surface area contributed by atoms with Crippen LogP contribution in [0.15, 0.2) is 46.2 Å². The number of hydrogen-bond donors (Lipinski definition) is 1. The Bertz CT molecular complexity index is 638. The van der Waals surface area contributed by atoms with Crippen LogP contribution in [0.2, 0.25) is 0 Å². The van der Waals surface area contributed by atoms with Crippen LogP contribution in [0, 0.1) is 13.8 Å². The molecule has 19 heavy (non-hydrogen) atoms. The fraction of sp³-hybridized carbons (Fsp3) is 0.200. The Labute approximate surface area is 122 Å². The molecule has 2 rings (SSSR count). The normalized spacial score (nSPS) is 12.3. The molecule has 2 aromatic carbocycles. The van der Waals surface area contributed by atoms with Crippen LogP contribution >= 0.6 is 8.92 Å². The van der Waals surface area contributed by atoms with Crippen molar-refractivity contribution in [3.63, 3.8) is 0 Å². The van der Waals surface area contributed by atoms with E-state index in [0.717, 1.165) is 26.7 Å². The molecule has 0 saturated carbocycles. The molecule has 0 fully saturated rings. The number of methoxy groups -OCH3 is 1. The van der Waals surface area contributed by atoms with Crippen LogP contribution in [0.4, 0.5) is 0 Å². The molecule has 0 spiro atoms. The van der Waals surface area contributed by atoms with E-state index in [4.69, 9.17) is 18.6 Å². The van der Waals surface area contributed by atoms with Crippen LogP contribution < -0.4 is 4.74 Å². The van der Waals surface area contributed by atoms with Crippen molar-refractivity contribution in [3.8, 4) is 11.5 Å². The van der Waals surface area contributed by atoms with E-state index in [1.165, 1.54) is 0 Å². The minimum absolute atomic E-state index is 0.253. The van der Waals surface area contributed by atoms with E-state index in [2.05, 4.69) is 0 Å². The number of aromatic hydroxyl groups is 1. The standard InChI is InChI=1S/C15H16O2S.Ni/c1-10-4-6-12(16)14(8-10)18-15-9-11(2)5-7-13(15)17-3;/h4-9,16H,1-3H3;. The summed E-state index contributed by atoms with van der Waals surface area (Å²) >= 11 is 5.27. The summed E-state index contributed by atoms with van der Waals surface area (Å²) in [6.07, 6.45) is 0. The number of benzene rings is 2. The molecular formula is C15H16NiO2S. The molecular weight excluding hydrogens is 303 g/mol. The van der Waals surface area contributed by atoms with Gasteiger partial charge in [0, 0.05) is 0 Å². The molecule has 4 heteroatoms. The van der Waals surface area contributed by atoms with Crippen molar-refractivity contribution >= 4 is 8.92 Å².